The summed E-state index contributed by atoms with van der Waals surface area (Å²) in [6, 6.07) is 6.12. The fourth-order valence-corrected chi connectivity index (χ4v) is 3.49. The molecule has 0 aromatic carbocycles. The van der Waals surface area contributed by atoms with E-state index in [2.05, 4.69) is 42.9 Å². The molecule has 0 amide bonds. The van der Waals surface area contributed by atoms with Crippen LogP contribution in [-0.4, -0.2) is 29.0 Å². The van der Waals surface area contributed by atoms with Crippen molar-refractivity contribution < 1.29 is 0 Å². The first-order valence-electron chi connectivity index (χ1n) is 7.88. The molecule has 1 fully saturated rings. The van der Waals surface area contributed by atoms with Crippen LogP contribution in [0.2, 0.25) is 0 Å². The molecule has 1 saturated carbocycles. The summed E-state index contributed by atoms with van der Waals surface area (Å²) in [5.74, 6) is 1.67. The van der Waals surface area contributed by atoms with Crippen LogP contribution in [-0.2, 0) is 6.54 Å². The van der Waals surface area contributed by atoms with Gasteiger partial charge in [0, 0.05) is 24.8 Å². The van der Waals surface area contributed by atoms with Gasteiger partial charge >= 0.3 is 0 Å². The van der Waals surface area contributed by atoms with Gasteiger partial charge in [-0.3, -0.25) is 9.88 Å². The highest BCUT2D eigenvalue weighted by atomic mass is 15.2. The van der Waals surface area contributed by atoms with Gasteiger partial charge in [-0.1, -0.05) is 19.9 Å². The minimum Gasteiger partial charge on any atom is -0.329 e. The van der Waals surface area contributed by atoms with Gasteiger partial charge in [-0.2, -0.15) is 0 Å². The molecular weight excluding hydrogens is 246 g/mol. The highest BCUT2D eigenvalue weighted by Gasteiger charge is 2.38. The van der Waals surface area contributed by atoms with Crippen LogP contribution in [0.1, 0.15) is 45.2 Å². The molecule has 0 spiro atoms. The normalized spacial score (nSPS) is 27.2. The molecule has 1 aromatic rings. The molecule has 3 nitrogen and oxygen atoms in total. The third-order valence-electron chi connectivity index (χ3n) is 5.22. The summed E-state index contributed by atoms with van der Waals surface area (Å²) >= 11 is 0. The third-order valence-corrected chi connectivity index (χ3v) is 5.22. The van der Waals surface area contributed by atoms with E-state index in [0.29, 0.717) is 0 Å². The molecule has 0 bridgehead atoms. The van der Waals surface area contributed by atoms with Crippen molar-refractivity contribution in [3.05, 3.63) is 30.1 Å². The molecule has 0 unspecified atom stereocenters. The van der Waals surface area contributed by atoms with Gasteiger partial charge in [-0.25, -0.2) is 0 Å². The highest BCUT2D eigenvalue weighted by molar-refractivity contribution is 5.05. The van der Waals surface area contributed by atoms with Gasteiger partial charge in [0.1, 0.15) is 0 Å². The molecule has 3 heteroatoms. The van der Waals surface area contributed by atoms with Crippen molar-refractivity contribution >= 4 is 0 Å². The summed E-state index contributed by atoms with van der Waals surface area (Å²) < 4.78 is 0. The van der Waals surface area contributed by atoms with E-state index < -0.39 is 0 Å². The van der Waals surface area contributed by atoms with Crippen molar-refractivity contribution in [2.75, 3.05) is 13.6 Å². The van der Waals surface area contributed by atoms with Crippen LogP contribution < -0.4 is 5.73 Å². The van der Waals surface area contributed by atoms with Gasteiger partial charge in [-0.15, -0.1) is 0 Å². The second kappa shape index (κ2) is 6.68. The lowest BCUT2D eigenvalue weighted by Crippen LogP contribution is -2.54. The molecule has 0 saturated heterocycles. The largest absolute Gasteiger partial charge is 0.329 e. The van der Waals surface area contributed by atoms with Crippen molar-refractivity contribution in [2.45, 2.75) is 51.6 Å². The molecule has 20 heavy (non-hydrogen) atoms. The van der Waals surface area contributed by atoms with Crippen LogP contribution in [0.15, 0.2) is 24.4 Å². The first-order chi connectivity index (χ1) is 9.57. The minimum atomic E-state index is 0.170. The maximum absolute atomic E-state index is 6.15. The van der Waals surface area contributed by atoms with E-state index in [1.54, 1.807) is 0 Å². The van der Waals surface area contributed by atoms with Gasteiger partial charge in [-0.05, 0) is 56.7 Å². The fourth-order valence-electron chi connectivity index (χ4n) is 3.49. The molecule has 2 N–H and O–H groups in total. The van der Waals surface area contributed by atoms with E-state index in [0.717, 1.165) is 30.6 Å². The average molecular weight is 275 g/mol. The minimum absolute atomic E-state index is 0.170. The number of nitrogens with zero attached hydrogens (tertiary/aromatic N) is 2. The molecule has 1 aliphatic carbocycles. The lowest BCUT2D eigenvalue weighted by Gasteiger charge is -2.46. The maximum Gasteiger partial charge on any atom is 0.0544 e. The first-order valence-corrected chi connectivity index (χ1v) is 7.88. The third kappa shape index (κ3) is 3.39. The summed E-state index contributed by atoms with van der Waals surface area (Å²) in [7, 11) is 2.21. The van der Waals surface area contributed by atoms with Crippen LogP contribution in [0.5, 0.6) is 0 Å². The number of hydrogen-bond acceptors (Lipinski definition) is 3. The molecule has 0 aliphatic heterocycles. The smallest absolute Gasteiger partial charge is 0.0544 e. The molecule has 0 atom stereocenters. The monoisotopic (exact) mass is 275 g/mol. The Bertz CT molecular complexity index is 394. The van der Waals surface area contributed by atoms with Crippen LogP contribution in [0, 0.1) is 11.8 Å². The van der Waals surface area contributed by atoms with Crippen molar-refractivity contribution in [3.8, 4) is 0 Å². The van der Waals surface area contributed by atoms with E-state index in [4.69, 9.17) is 5.73 Å². The van der Waals surface area contributed by atoms with Gasteiger partial charge in [0.2, 0.25) is 0 Å². The zero-order chi connectivity index (χ0) is 14.6. The predicted octanol–water partition coefficient (Wildman–Crippen LogP) is 3.06. The molecule has 0 radical (unpaired) electrons. The topological polar surface area (TPSA) is 42.1 Å². The standard InChI is InChI=1S/C17H29N3/c1-14(2)15-7-9-17(13-18,10-8-15)20(3)12-16-6-4-5-11-19-16/h4-6,11,14-15H,7-10,12-13,18H2,1-3H3. The van der Waals surface area contributed by atoms with E-state index in [1.807, 2.05) is 12.3 Å². The van der Waals surface area contributed by atoms with Crippen molar-refractivity contribution in [1.82, 2.24) is 9.88 Å². The molecule has 112 valence electrons. The van der Waals surface area contributed by atoms with E-state index in [-0.39, 0.29) is 5.54 Å². The van der Waals surface area contributed by atoms with Crippen LogP contribution in [0.4, 0.5) is 0 Å². The Labute approximate surface area is 123 Å². The van der Waals surface area contributed by atoms with Gasteiger partial charge in [0.15, 0.2) is 0 Å². The Morgan fingerprint density at radius 3 is 2.55 bits per heavy atom. The number of nitrogens with two attached hydrogens (primary N) is 1. The Morgan fingerprint density at radius 1 is 1.35 bits per heavy atom. The Morgan fingerprint density at radius 2 is 2.05 bits per heavy atom. The van der Waals surface area contributed by atoms with E-state index in [9.17, 15) is 0 Å². The Hall–Kier alpha value is -0.930. The number of pyridine rings is 1. The second-order valence-corrected chi connectivity index (χ2v) is 6.69. The number of aromatic nitrogens is 1. The molecule has 2 rings (SSSR count). The van der Waals surface area contributed by atoms with E-state index >= 15 is 0 Å². The quantitative estimate of drug-likeness (QED) is 0.898. The first kappa shape index (κ1) is 15.5. The Balaban J connectivity index is 2.01. The van der Waals surface area contributed by atoms with Crippen molar-refractivity contribution in [1.29, 1.82) is 0 Å². The average Bonchev–Trinajstić information content (AvgIpc) is 2.48. The SMILES string of the molecule is CC(C)C1CCC(CN)(N(C)Cc2ccccn2)CC1. The zero-order valence-electron chi connectivity index (χ0n) is 13.2. The Kier molecular flexibility index (Phi) is 5.17. The van der Waals surface area contributed by atoms with Crippen molar-refractivity contribution in [3.63, 3.8) is 0 Å². The van der Waals surface area contributed by atoms with Crippen molar-refractivity contribution in [2.24, 2.45) is 17.6 Å². The predicted molar refractivity (Wildman–Crippen MR) is 84.3 cm³/mol. The van der Waals surface area contributed by atoms with Crippen LogP contribution in [0.25, 0.3) is 0 Å². The number of hydrogen-bond donors (Lipinski definition) is 1. The zero-order valence-corrected chi connectivity index (χ0v) is 13.2. The summed E-state index contributed by atoms with van der Waals surface area (Å²) in [6.07, 6.45) is 6.92. The number of likely N-dealkylation sites (N-methyl/N-ethyl adjacent to an activating group) is 1. The summed E-state index contributed by atoms with van der Waals surface area (Å²) in [4.78, 5) is 6.88. The molecule has 1 heterocycles. The maximum atomic E-state index is 6.15. The molecule has 1 aliphatic rings. The summed E-state index contributed by atoms with van der Waals surface area (Å²) in [6.45, 7) is 6.33. The lowest BCUT2D eigenvalue weighted by molar-refractivity contribution is 0.0489. The van der Waals surface area contributed by atoms with Gasteiger partial charge in [0.25, 0.3) is 0 Å². The lowest BCUT2D eigenvalue weighted by atomic mass is 9.72. The summed E-state index contributed by atoms with van der Waals surface area (Å²) in [5.41, 5.74) is 7.45. The van der Waals surface area contributed by atoms with Crippen LogP contribution >= 0.6 is 0 Å². The molecule has 1 aromatic heterocycles. The van der Waals surface area contributed by atoms with E-state index in [1.165, 1.54) is 25.7 Å². The summed E-state index contributed by atoms with van der Waals surface area (Å²) in [5, 5.41) is 0. The van der Waals surface area contributed by atoms with Gasteiger partial charge in [0.05, 0.1) is 5.69 Å². The van der Waals surface area contributed by atoms with Crippen LogP contribution in [0.3, 0.4) is 0 Å². The molecular formula is C17H29N3. The fraction of sp³-hybridized carbons (Fsp3) is 0.706. The van der Waals surface area contributed by atoms with Gasteiger partial charge < -0.3 is 5.73 Å². The highest BCUT2D eigenvalue weighted by Crippen LogP contribution is 2.38. The second-order valence-electron chi connectivity index (χ2n) is 6.69. The number of rotatable bonds is 5.